The topological polar surface area (TPSA) is 47.0 Å². The van der Waals surface area contributed by atoms with Gasteiger partial charge in [-0.25, -0.2) is 9.97 Å². The molecule has 0 spiro atoms. The van der Waals surface area contributed by atoms with Crippen LogP contribution in [0.4, 0.5) is 0 Å². The number of nitrogens with one attached hydrogen (secondary N) is 1. The van der Waals surface area contributed by atoms with Gasteiger partial charge in [0.2, 0.25) is 0 Å². The summed E-state index contributed by atoms with van der Waals surface area (Å²) in [7, 11) is 0. The Bertz CT molecular complexity index is 362. The van der Waals surface area contributed by atoms with E-state index >= 15 is 0 Å². The lowest BCUT2D eigenvalue weighted by Gasteiger charge is -2.24. The highest BCUT2D eigenvalue weighted by Gasteiger charge is 2.20. The molecule has 2 heterocycles. The molecule has 1 aromatic rings. The monoisotopic (exact) mass is 235 g/mol. The number of aryl methyl sites for hydroxylation is 1. The second-order valence-electron chi connectivity index (χ2n) is 4.49. The summed E-state index contributed by atoms with van der Waals surface area (Å²) >= 11 is 0. The Labute approximate surface area is 103 Å². The van der Waals surface area contributed by atoms with E-state index in [0.29, 0.717) is 12.5 Å². The zero-order valence-corrected chi connectivity index (χ0v) is 10.7. The molecule has 1 aliphatic rings. The van der Waals surface area contributed by atoms with E-state index in [1.807, 2.05) is 20.0 Å². The summed E-state index contributed by atoms with van der Waals surface area (Å²) in [5, 5.41) is 3.39. The normalized spacial score (nSPS) is 17.3. The highest BCUT2D eigenvalue weighted by atomic mass is 16.5. The maximum atomic E-state index is 5.50. The molecule has 0 atom stereocenters. The second kappa shape index (κ2) is 6.07. The molecule has 0 bridgehead atoms. The number of rotatable bonds is 4. The molecule has 1 aliphatic heterocycles. The third kappa shape index (κ3) is 3.23. The Morgan fingerprint density at radius 3 is 2.88 bits per heavy atom. The number of ether oxygens (including phenoxy) is 1. The molecule has 1 aromatic heterocycles. The van der Waals surface area contributed by atoms with Gasteiger partial charge in [-0.3, -0.25) is 0 Å². The first-order valence-electron chi connectivity index (χ1n) is 6.42. The van der Waals surface area contributed by atoms with Gasteiger partial charge in [-0.2, -0.15) is 0 Å². The quantitative estimate of drug-likeness (QED) is 0.864. The SMILES string of the molecule is CCOCc1cnc(C)nc1C1CCNCC1. The van der Waals surface area contributed by atoms with Gasteiger partial charge in [0.1, 0.15) is 5.82 Å². The van der Waals surface area contributed by atoms with Gasteiger partial charge < -0.3 is 10.1 Å². The van der Waals surface area contributed by atoms with Crippen molar-refractivity contribution in [2.45, 2.75) is 39.2 Å². The van der Waals surface area contributed by atoms with Gasteiger partial charge in [0.15, 0.2) is 0 Å². The third-order valence-corrected chi connectivity index (χ3v) is 3.21. The van der Waals surface area contributed by atoms with Crippen LogP contribution in [0.15, 0.2) is 6.20 Å². The van der Waals surface area contributed by atoms with Crippen LogP contribution in [-0.4, -0.2) is 29.7 Å². The summed E-state index contributed by atoms with van der Waals surface area (Å²) in [5.74, 6) is 1.42. The molecule has 4 heteroatoms. The Kier molecular flexibility index (Phi) is 4.45. The molecule has 1 fully saturated rings. The van der Waals surface area contributed by atoms with Crippen LogP contribution in [0.2, 0.25) is 0 Å². The number of aromatic nitrogens is 2. The van der Waals surface area contributed by atoms with Crippen molar-refractivity contribution in [3.8, 4) is 0 Å². The highest BCUT2D eigenvalue weighted by molar-refractivity contribution is 5.21. The molecule has 0 amide bonds. The van der Waals surface area contributed by atoms with Crippen molar-refractivity contribution in [1.29, 1.82) is 0 Å². The largest absolute Gasteiger partial charge is 0.377 e. The lowest BCUT2D eigenvalue weighted by molar-refractivity contribution is 0.132. The average Bonchev–Trinajstić information content (AvgIpc) is 2.38. The van der Waals surface area contributed by atoms with Crippen LogP contribution in [0.5, 0.6) is 0 Å². The molecule has 0 aliphatic carbocycles. The smallest absolute Gasteiger partial charge is 0.125 e. The molecule has 0 unspecified atom stereocenters. The van der Waals surface area contributed by atoms with Crippen molar-refractivity contribution in [3.63, 3.8) is 0 Å². The maximum absolute atomic E-state index is 5.50. The van der Waals surface area contributed by atoms with E-state index in [2.05, 4.69) is 15.3 Å². The number of nitrogens with zero attached hydrogens (tertiary/aromatic N) is 2. The number of hydrogen-bond donors (Lipinski definition) is 1. The first kappa shape index (κ1) is 12.5. The zero-order valence-electron chi connectivity index (χ0n) is 10.7. The van der Waals surface area contributed by atoms with E-state index < -0.39 is 0 Å². The molecule has 0 saturated carbocycles. The molecule has 2 rings (SSSR count). The van der Waals surface area contributed by atoms with Crippen LogP contribution in [0.3, 0.4) is 0 Å². The fourth-order valence-corrected chi connectivity index (χ4v) is 2.28. The molecule has 17 heavy (non-hydrogen) atoms. The second-order valence-corrected chi connectivity index (χ2v) is 4.49. The highest BCUT2D eigenvalue weighted by Crippen LogP contribution is 2.26. The molecule has 94 valence electrons. The number of piperidine rings is 1. The minimum absolute atomic E-state index is 0.563. The van der Waals surface area contributed by atoms with Gasteiger partial charge in [0, 0.05) is 24.3 Å². The van der Waals surface area contributed by atoms with Gasteiger partial charge >= 0.3 is 0 Å². The van der Waals surface area contributed by atoms with Crippen LogP contribution < -0.4 is 5.32 Å². The van der Waals surface area contributed by atoms with Crippen molar-refractivity contribution < 1.29 is 4.74 Å². The lowest BCUT2D eigenvalue weighted by atomic mass is 9.92. The minimum Gasteiger partial charge on any atom is -0.377 e. The first-order valence-corrected chi connectivity index (χ1v) is 6.42. The molecular formula is C13H21N3O. The van der Waals surface area contributed by atoms with E-state index in [4.69, 9.17) is 4.74 Å². The summed E-state index contributed by atoms with van der Waals surface area (Å²) in [4.78, 5) is 8.91. The standard InChI is InChI=1S/C13H21N3O/c1-3-17-9-12-8-15-10(2)16-13(12)11-4-6-14-7-5-11/h8,11,14H,3-7,9H2,1-2H3. The molecule has 4 nitrogen and oxygen atoms in total. The van der Waals surface area contributed by atoms with Gasteiger partial charge in [0.25, 0.3) is 0 Å². The summed E-state index contributed by atoms with van der Waals surface area (Å²) in [6.07, 6.45) is 4.25. The average molecular weight is 235 g/mol. The maximum Gasteiger partial charge on any atom is 0.125 e. The summed E-state index contributed by atoms with van der Waals surface area (Å²) in [6, 6.07) is 0. The zero-order chi connectivity index (χ0) is 12.1. The molecule has 0 aromatic carbocycles. The van der Waals surface area contributed by atoms with Gasteiger partial charge in [-0.05, 0) is 39.8 Å². The summed E-state index contributed by atoms with van der Waals surface area (Å²) in [5.41, 5.74) is 2.36. The van der Waals surface area contributed by atoms with Crippen LogP contribution >= 0.6 is 0 Å². The van der Waals surface area contributed by atoms with E-state index in [0.717, 1.165) is 43.9 Å². The fourth-order valence-electron chi connectivity index (χ4n) is 2.28. The molecular weight excluding hydrogens is 214 g/mol. The molecule has 1 saturated heterocycles. The van der Waals surface area contributed by atoms with E-state index in [-0.39, 0.29) is 0 Å². The van der Waals surface area contributed by atoms with Crippen molar-refractivity contribution in [3.05, 3.63) is 23.3 Å². The Hall–Kier alpha value is -1.00. The van der Waals surface area contributed by atoms with Gasteiger partial charge in [0.05, 0.1) is 12.3 Å². The van der Waals surface area contributed by atoms with Crippen LogP contribution in [0.25, 0.3) is 0 Å². The number of hydrogen-bond acceptors (Lipinski definition) is 4. The van der Waals surface area contributed by atoms with Crippen molar-refractivity contribution in [1.82, 2.24) is 15.3 Å². The summed E-state index contributed by atoms with van der Waals surface area (Å²) in [6.45, 7) is 7.51. The van der Waals surface area contributed by atoms with Crippen molar-refractivity contribution in [2.75, 3.05) is 19.7 Å². The van der Waals surface area contributed by atoms with E-state index in [9.17, 15) is 0 Å². The summed E-state index contributed by atoms with van der Waals surface area (Å²) < 4.78 is 5.50. The van der Waals surface area contributed by atoms with Crippen molar-refractivity contribution in [2.24, 2.45) is 0 Å². The Balaban J connectivity index is 2.19. The van der Waals surface area contributed by atoms with Crippen LogP contribution in [0, 0.1) is 6.92 Å². The van der Waals surface area contributed by atoms with Gasteiger partial charge in [-0.15, -0.1) is 0 Å². The van der Waals surface area contributed by atoms with Crippen LogP contribution in [-0.2, 0) is 11.3 Å². The third-order valence-electron chi connectivity index (χ3n) is 3.21. The van der Waals surface area contributed by atoms with Crippen LogP contribution in [0.1, 0.15) is 42.8 Å². The Morgan fingerprint density at radius 1 is 1.41 bits per heavy atom. The minimum atomic E-state index is 0.563. The lowest BCUT2D eigenvalue weighted by Crippen LogP contribution is -2.27. The molecule has 1 N–H and O–H groups in total. The predicted octanol–water partition coefficient (Wildman–Crippen LogP) is 1.79. The molecule has 0 radical (unpaired) electrons. The predicted molar refractivity (Wildman–Crippen MR) is 66.9 cm³/mol. The van der Waals surface area contributed by atoms with Gasteiger partial charge in [-0.1, -0.05) is 0 Å². The first-order chi connectivity index (χ1) is 8.31. The van der Waals surface area contributed by atoms with E-state index in [1.54, 1.807) is 0 Å². The van der Waals surface area contributed by atoms with E-state index in [1.165, 1.54) is 5.69 Å². The Morgan fingerprint density at radius 2 is 2.18 bits per heavy atom. The fraction of sp³-hybridized carbons (Fsp3) is 0.692. The van der Waals surface area contributed by atoms with Crippen molar-refractivity contribution >= 4 is 0 Å².